The maximum atomic E-state index is 12.2. The largest absolute Gasteiger partial charge is 0.383 e. The molecule has 126 valence electrons. The molecule has 1 heterocycles. The van der Waals surface area contributed by atoms with Crippen LogP contribution < -0.4 is 10.6 Å². The number of benzene rings is 2. The van der Waals surface area contributed by atoms with Crippen LogP contribution in [-0.2, 0) is 6.42 Å². The van der Waals surface area contributed by atoms with E-state index in [1.54, 1.807) is 12.3 Å². The van der Waals surface area contributed by atoms with E-state index in [9.17, 15) is 4.79 Å². The fourth-order valence-electron chi connectivity index (χ4n) is 2.46. The Bertz CT molecular complexity index is 812. The Morgan fingerprint density at radius 3 is 2.40 bits per heavy atom. The monoisotopic (exact) mass is 331 g/mol. The van der Waals surface area contributed by atoms with Crippen molar-refractivity contribution in [3.05, 3.63) is 89.6 Å². The summed E-state index contributed by atoms with van der Waals surface area (Å²) in [4.78, 5) is 16.5. The van der Waals surface area contributed by atoms with Gasteiger partial charge >= 0.3 is 0 Å². The second kappa shape index (κ2) is 8.11. The molecule has 0 aliphatic carbocycles. The third-order valence-electron chi connectivity index (χ3n) is 3.90. The van der Waals surface area contributed by atoms with E-state index in [1.165, 1.54) is 5.56 Å². The van der Waals surface area contributed by atoms with Crippen molar-refractivity contribution in [3.8, 4) is 0 Å². The van der Waals surface area contributed by atoms with Gasteiger partial charge in [-0.1, -0.05) is 48.0 Å². The average molecular weight is 331 g/mol. The van der Waals surface area contributed by atoms with Crippen molar-refractivity contribution in [1.29, 1.82) is 0 Å². The SMILES string of the molecule is Cc1ccc(C(=O)Nc2ccc(NCCc3ccccc3)cn2)cc1. The molecule has 2 N–H and O–H groups in total. The molecule has 0 aliphatic rings. The zero-order valence-electron chi connectivity index (χ0n) is 14.2. The van der Waals surface area contributed by atoms with Crippen LogP contribution in [0.3, 0.4) is 0 Å². The lowest BCUT2D eigenvalue weighted by Gasteiger charge is -2.08. The smallest absolute Gasteiger partial charge is 0.256 e. The molecule has 25 heavy (non-hydrogen) atoms. The molecule has 2 aromatic carbocycles. The minimum absolute atomic E-state index is 0.155. The van der Waals surface area contributed by atoms with E-state index in [2.05, 4.69) is 27.8 Å². The van der Waals surface area contributed by atoms with E-state index in [1.807, 2.05) is 55.5 Å². The molecule has 0 aliphatic heterocycles. The van der Waals surface area contributed by atoms with Crippen molar-refractivity contribution >= 4 is 17.4 Å². The third-order valence-corrected chi connectivity index (χ3v) is 3.90. The number of hydrogen-bond acceptors (Lipinski definition) is 3. The average Bonchev–Trinajstić information content (AvgIpc) is 2.64. The minimum Gasteiger partial charge on any atom is -0.383 e. The van der Waals surface area contributed by atoms with Crippen molar-refractivity contribution in [2.75, 3.05) is 17.2 Å². The van der Waals surface area contributed by atoms with Crippen molar-refractivity contribution in [3.63, 3.8) is 0 Å². The molecule has 0 spiro atoms. The van der Waals surface area contributed by atoms with E-state index in [0.29, 0.717) is 11.4 Å². The number of hydrogen-bond donors (Lipinski definition) is 2. The number of carbonyl (C=O) groups is 1. The molecule has 4 nitrogen and oxygen atoms in total. The van der Waals surface area contributed by atoms with E-state index in [0.717, 1.165) is 24.2 Å². The molecule has 0 saturated carbocycles. The van der Waals surface area contributed by atoms with Crippen LogP contribution in [0.4, 0.5) is 11.5 Å². The number of anilines is 2. The predicted octanol–water partition coefficient (Wildman–Crippen LogP) is 4.30. The van der Waals surface area contributed by atoms with Crippen LogP contribution in [0.15, 0.2) is 72.9 Å². The van der Waals surface area contributed by atoms with Gasteiger partial charge in [0.15, 0.2) is 0 Å². The molecule has 0 saturated heterocycles. The molecule has 3 aromatic rings. The number of nitrogens with zero attached hydrogens (tertiary/aromatic N) is 1. The summed E-state index contributed by atoms with van der Waals surface area (Å²) in [6.07, 6.45) is 2.68. The van der Waals surface area contributed by atoms with Gasteiger partial charge in [-0.3, -0.25) is 4.79 Å². The van der Waals surface area contributed by atoms with Gasteiger partial charge in [0.1, 0.15) is 5.82 Å². The Morgan fingerprint density at radius 1 is 0.960 bits per heavy atom. The lowest BCUT2D eigenvalue weighted by atomic mass is 10.1. The summed E-state index contributed by atoms with van der Waals surface area (Å²) >= 11 is 0. The summed E-state index contributed by atoms with van der Waals surface area (Å²) in [6, 6.07) is 21.5. The number of rotatable bonds is 6. The second-order valence-electron chi connectivity index (χ2n) is 5.91. The van der Waals surface area contributed by atoms with Crippen molar-refractivity contribution in [2.45, 2.75) is 13.3 Å². The highest BCUT2D eigenvalue weighted by molar-refractivity contribution is 6.03. The summed E-state index contributed by atoms with van der Waals surface area (Å²) in [5.41, 5.74) is 3.98. The Kier molecular flexibility index (Phi) is 5.42. The van der Waals surface area contributed by atoms with Gasteiger partial charge < -0.3 is 10.6 Å². The van der Waals surface area contributed by atoms with Crippen LogP contribution in [0.25, 0.3) is 0 Å². The molecular weight excluding hydrogens is 310 g/mol. The van der Waals surface area contributed by atoms with Crippen LogP contribution in [0.2, 0.25) is 0 Å². The first-order chi connectivity index (χ1) is 12.2. The predicted molar refractivity (Wildman–Crippen MR) is 102 cm³/mol. The van der Waals surface area contributed by atoms with Gasteiger partial charge in [0.05, 0.1) is 11.9 Å². The highest BCUT2D eigenvalue weighted by atomic mass is 16.1. The minimum atomic E-state index is -0.155. The molecule has 4 heteroatoms. The molecule has 0 unspecified atom stereocenters. The van der Waals surface area contributed by atoms with Crippen LogP contribution in [0.5, 0.6) is 0 Å². The van der Waals surface area contributed by atoms with E-state index >= 15 is 0 Å². The zero-order chi connectivity index (χ0) is 17.5. The van der Waals surface area contributed by atoms with Gasteiger partial charge in [-0.05, 0) is 43.2 Å². The van der Waals surface area contributed by atoms with E-state index in [4.69, 9.17) is 0 Å². The van der Waals surface area contributed by atoms with Crippen LogP contribution in [0, 0.1) is 6.92 Å². The quantitative estimate of drug-likeness (QED) is 0.708. The fourth-order valence-corrected chi connectivity index (χ4v) is 2.46. The van der Waals surface area contributed by atoms with Crippen molar-refractivity contribution in [2.24, 2.45) is 0 Å². The molecule has 1 aromatic heterocycles. The molecule has 0 bridgehead atoms. The van der Waals surface area contributed by atoms with E-state index in [-0.39, 0.29) is 5.91 Å². The molecule has 3 rings (SSSR count). The summed E-state index contributed by atoms with van der Waals surface area (Å²) in [5.74, 6) is 0.386. The Balaban J connectivity index is 1.51. The third kappa shape index (κ3) is 4.91. The van der Waals surface area contributed by atoms with Gasteiger partial charge in [-0.2, -0.15) is 0 Å². The molecular formula is C21H21N3O. The molecule has 0 fully saturated rings. The van der Waals surface area contributed by atoms with Crippen LogP contribution >= 0.6 is 0 Å². The van der Waals surface area contributed by atoms with Gasteiger partial charge in [0.2, 0.25) is 0 Å². The summed E-state index contributed by atoms with van der Waals surface area (Å²) in [7, 11) is 0. The number of aryl methyl sites for hydroxylation is 1. The number of aromatic nitrogens is 1. The number of carbonyl (C=O) groups excluding carboxylic acids is 1. The fraction of sp³-hybridized carbons (Fsp3) is 0.143. The summed E-state index contributed by atoms with van der Waals surface area (Å²) in [5, 5.41) is 6.15. The van der Waals surface area contributed by atoms with E-state index < -0.39 is 0 Å². The first kappa shape index (κ1) is 16.7. The zero-order valence-corrected chi connectivity index (χ0v) is 14.2. The normalized spacial score (nSPS) is 10.3. The number of pyridine rings is 1. The highest BCUT2D eigenvalue weighted by Crippen LogP contribution is 2.12. The number of amides is 1. The number of nitrogens with one attached hydrogen (secondary N) is 2. The Labute approximate surface area is 147 Å². The topological polar surface area (TPSA) is 54.0 Å². The van der Waals surface area contributed by atoms with Crippen molar-refractivity contribution < 1.29 is 4.79 Å². The maximum absolute atomic E-state index is 12.2. The van der Waals surface area contributed by atoms with Gasteiger partial charge in [0.25, 0.3) is 5.91 Å². The molecule has 0 radical (unpaired) electrons. The van der Waals surface area contributed by atoms with Crippen molar-refractivity contribution in [1.82, 2.24) is 4.98 Å². The lowest BCUT2D eigenvalue weighted by molar-refractivity contribution is 0.102. The van der Waals surface area contributed by atoms with Gasteiger partial charge in [-0.25, -0.2) is 4.98 Å². The Morgan fingerprint density at radius 2 is 1.72 bits per heavy atom. The van der Waals surface area contributed by atoms with Crippen LogP contribution in [-0.4, -0.2) is 17.4 Å². The Hall–Kier alpha value is -3.14. The maximum Gasteiger partial charge on any atom is 0.256 e. The first-order valence-corrected chi connectivity index (χ1v) is 8.32. The summed E-state index contributed by atoms with van der Waals surface area (Å²) in [6.45, 7) is 2.83. The first-order valence-electron chi connectivity index (χ1n) is 8.32. The lowest BCUT2D eigenvalue weighted by Crippen LogP contribution is -2.13. The molecule has 0 atom stereocenters. The standard InChI is InChI=1S/C21H21N3O/c1-16-7-9-18(10-8-16)21(25)24-20-12-11-19(15-23-20)22-14-13-17-5-3-2-4-6-17/h2-12,15,22H,13-14H2,1H3,(H,23,24,25). The summed E-state index contributed by atoms with van der Waals surface area (Å²) < 4.78 is 0. The van der Waals surface area contributed by atoms with Gasteiger partial charge in [-0.15, -0.1) is 0 Å². The second-order valence-corrected chi connectivity index (χ2v) is 5.91. The molecule has 1 amide bonds. The van der Waals surface area contributed by atoms with Gasteiger partial charge in [0, 0.05) is 12.1 Å². The highest BCUT2D eigenvalue weighted by Gasteiger charge is 2.06. The van der Waals surface area contributed by atoms with Crippen LogP contribution in [0.1, 0.15) is 21.5 Å².